The van der Waals surface area contributed by atoms with Gasteiger partial charge in [0.2, 0.25) is 5.91 Å². The van der Waals surface area contributed by atoms with Crippen molar-refractivity contribution in [3.63, 3.8) is 0 Å². The summed E-state index contributed by atoms with van der Waals surface area (Å²) in [5, 5.41) is 9.88. The number of hydrogen-bond donors (Lipinski definition) is 1. The second kappa shape index (κ2) is 7.74. The number of piperidine rings is 1. The number of amides is 2. The van der Waals surface area contributed by atoms with Crippen LogP contribution in [0, 0.1) is 5.92 Å². The van der Waals surface area contributed by atoms with Crippen molar-refractivity contribution in [1.29, 1.82) is 0 Å². The molecule has 1 aromatic heterocycles. The Bertz CT molecular complexity index is 744. The van der Waals surface area contributed by atoms with Crippen molar-refractivity contribution in [1.82, 2.24) is 9.80 Å². The molecule has 0 radical (unpaired) electrons. The van der Waals surface area contributed by atoms with Gasteiger partial charge in [-0.3, -0.25) is 9.59 Å². The van der Waals surface area contributed by atoms with Gasteiger partial charge in [-0.2, -0.15) is 0 Å². The van der Waals surface area contributed by atoms with Crippen molar-refractivity contribution in [2.24, 2.45) is 5.92 Å². The van der Waals surface area contributed by atoms with Gasteiger partial charge in [-0.05, 0) is 24.1 Å². The first-order valence-corrected chi connectivity index (χ1v) is 8.76. The molecule has 1 saturated heterocycles. The first-order chi connectivity index (χ1) is 12.5. The van der Waals surface area contributed by atoms with Gasteiger partial charge in [-0.25, -0.2) is 0 Å². The normalized spacial score (nSPS) is 22.9. The topological polar surface area (TPSA) is 74.0 Å². The number of hydrogen-bond acceptors (Lipinski definition) is 4. The molecule has 1 aliphatic rings. The Morgan fingerprint density at radius 1 is 1.23 bits per heavy atom. The van der Waals surface area contributed by atoms with Gasteiger partial charge in [0.1, 0.15) is 0 Å². The van der Waals surface area contributed by atoms with Crippen LogP contribution in [-0.2, 0) is 4.79 Å². The highest BCUT2D eigenvalue weighted by Crippen LogP contribution is 2.36. The van der Waals surface area contributed by atoms with E-state index in [0.717, 1.165) is 5.56 Å². The Morgan fingerprint density at radius 2 is 1.96 bits per heavy atom. The van der Waals surface area contributed by atoms with E-state index >= 15 is 0 Å². The molecule has 6 nitrogen and oxygen atoms in total. The van der Waals surface area contributed by atoms with Crippen LogP contribution in [0.2, 0.25) is 0 Å². The third kappa shape index (κ3) is 3.51. The van der Waals surface area contributed by atoms with E-state index in [2.05, 4.69) is 0 Å². The number of carbonyl (C=O) groups is 2. The number of carbonyl (C=O) groups excluding carboxylic acids is 2. The Labute approximate surface area is 153 Å². The number of furan rings is 1. The van der Waals surface area contributed by atoms with Crippen LogP contribution >= 0.6 is 0 Å². The van der Waals surface area contributed by atoms with E-state index in [-0.39, 0.29) is 42.2 Å². The molecule has 0 bridgehead atoms. The van der Waals surface area contributed by atoms with E-state index in [1.54, 1.807) is 35.9 Å². The van der Waals surface area contributed by atoms with Crippen molar-refractivity contribution in [2.75, 3.05) is 20.2 Å². The number of likely N-dealkylation sites (tertiary alicyclic amines) is 1. The first-order valence-electron chi connectivity index (χ1n) is 8.76. The zero-order valence-electron chi connectivity index (χ0n) is 15.0. The third-order valence-corrected chi connectivity index (χ3v) is 5.19. The lowest BCUT2D eigenvalue weighted by atomic mass is 9.84. The molecule has 2 amide bonds. The zero-order chi connectivity index (χ0) is 18.7. The molecule has 0 aliphatic carbocycles. The molecule has 0 saturated carbocycles. The van der Waals surface area contributed by atoms with Gasteiger partial charge in [-0.15, -0.1) is 0 Å². The molecule has 2 heterocycles. The molecule has 3 atom stereocenters. The van der Waals surface area contributed by atoms with Crippen LogP contribution in [0.25, 0.3) is 0 Å². The van der Waals surface area contributed by atoms with E-state index in [4.69, 9.17) is 4.42 Å². The molecule has 2 aromatic rings. The third-order valence-electron chi connectivity index (χ3n) is 5.19. The largest absolute Gasteiger partial charge is 0.459 e. The van der Waals surface area contributed by atoms with Gasteiger partial charge in [0, 0.05) is 39.1 Å². The molecule has 1 N–H and O–H groups in total. The molecule has 1 aromatic carbocycles. The van der Waals surface area contributed by atoms with Gasteiger partial charge in [-0.1, -0.05) is 30.3 Å². The predicted octanol–water partition coefficient (Wildman–Crippen LogP) is 2.32. The number of aliphatic hydroxyl groups excluding tert-OH is 1. The highest BCUT2D eigenvalue weighted by molar-refractivity contribution is 5.91. The number of aliphatic hydroxyl groups is 1. The summed E-state index contributed by atoms with van der Waals surface area (Å²) in [6, 6.07) is 12.8. The van der Waals surface area contributed by atoms with Crippen molar-refractivity contribution >= 4 is 11.8 Å². The summed E-state index contributed by atoms with van der Waals surface area (Å²) in [6.07, 6.45) is 2.04. The summed E-state index contributed by atoms with van der Waals surface area (Å²) in [4.78, 5) is 28.3. The average Bonchev–Trinajstić information content (AvgIpc) is 3.21. The molecule has 1 aliphatic heterocycles. The van der Waals surface area contributed by atoms with Gasteiger partial charge in [0.25, 0.3) is 5.91 Å². The molecular weight excluding hydrogens is 332 g/mol. The number of benzene rings is 1. The number of rotatable bonds is 4. The Morgan fingerprint density at radius 3 is 2.54 bits per heavy atom. The highest BCUT2D eigenvalue weighted by atomic mass is 16.3. The summed E-state index contributed by atoms with van der Waals surface area (Å²) in [7, 11) is 1.73. The SMILES string of the molecule is CC(=O)N1C[C@@H](CO)[C@@H](N(C)C(=O)c2ccco2)C[C@H]1c1ccccc1. The Hall–Kier alpha value is -2.60. The maximum atomic E-state index is 12.7. The molecule has 1 fully saturated rings. The van der Waals surface area contributed by atoms with Crippen molar-refractivity contribution < 1.29 is 19.1 Å². The minimum absolute atomic E-state index is 0.0317. The standard InChI is InChI=1S/C20H24N2O4/c1-14(24)22-12-16(13-23)17(11-18(22)15-7-4-3-5-8-15)21(2)20(25)19-9-6-10-26-19/h3-10,16-18,23H,11-13H2,1-2H3/t16-,17-,18-/m0/s1. The van der Waals surface area contributed by atoms with E-state index in [9.17, 15) is 14.7 Å². The summed E-state index contributed by atoms with van der Waals surface area (Å²) in [6.45, 7) is 1.86. The fraction of sp³-hybridized carbons (Fsp3) is 0.400. The van der Waals surface area contributed by atoms with E-state index in [1.165, 1.54) is 6.26 Å². The van der Waals surface area contributed by atoms with E-state index in [0.29, 0.717) is 13.0 Å². The molecule has 0 unspecified atom stereocenters. The minimum atomic E-state index is -0.221. The molecular formula is C20H24N2O4. The average molecular weight is 356 g/mol. The summed E-state index contributed by atoms with van der Waals surface area (Å²) >= 11 is 0. The lowest BCUT2D eigenvalue weighted by Crippen LogP contribution is -2.54. The van der Waals surface area contributed by atoms with Gasteiger partial charge < -0.3 is 19.3 Å². The van der Waals surface area contributed by atoms with E-state index < -0.39 is 0 Å². The highest BCUT2D eigenvalue weighted by Gasteiger charge is 2.40. The van der Waals surface area contributed by atoms with Crippen molar-refractivity contribution in [3.8, 4) is 0 Å². The summed E-state index contributed by atoms with van der Waals surface area (Å²) in [5.74, 6) is -0.186. The summed E-state index contributed by atoms with van der Waals surface area (Å²) in [5.41, 5.74) is 1.03. The second-order valence-corrected chi connectivity index (χ2v) is 6.74. The van der Waals surface area contributed by atoms with Crippen LogP contribution in [0.4, 0.5) is 0 Å². The minimum Gasteiger partial charge on any atom is -0.459 e. The Kier molecular flexibility index (Phi) is 5.42. The smallest absolute Gasteiger partial charge is 0.289 e. The van der Waals surface area contributed by atoms with Crippen LogP contribution in [0.3, 0.4) is 0 Å². The Balaban J connectivity index is 1.89. The van der Waals surface area contributed by atoms with E-state index in [1.807, 2.05) is 30.3 Å². The molecule has 26 heavy (non-hydrogen) atoms. The lowest BCUT2D eigenvalue weighted by Gasteiger charge is -2.46. The zero-order valence-corrected chi connectivity index (χ0v) is 15.0. The van der Waals surface area contributed by atoms with Gasteiger partial charge in [0.15, 0.2) is 5.76 Å². The second-order valence-electron chi connectivity index (χ2n) is 6.74. The quantitative estimate of drug-likeness (QED) is 0.912. The monoisotopic (exact) mass is 356 g/mol. The lowest BCUT2D eigenvalue weighted by molar-refractivity contribution is -0.135. The molecule has 3 rings (SSSR count). The maximum absolute atomic E-state index is 12.7. The van der Waals surface area contributed by atoms with Gasteiger partial charge in [0.05, 0.1) is 12.3 Å². The number of nitrogens with zero attached hydrogens (tertiary/aromatic N) is 2. The van der Waals surface area contributed by atoms with Crippen LogP contribution in [-0.4, -0.2) is 53.0 Å². The van der Waals surface area contributed by atoms with Crippen LogP contribution in [0.1, 0.15) is 35.5 Å². The summed E-state index contributed by atoms with van der Waals surface area (Å²) < 4.78 is 5.23. The van der Waals surface area contributed by atoms with Crippen molar-refractivity contribution in [3.05, 3.63) is 60.1 Å². The maximum Gasteiger partial charge on any atom is 0.289 e. The molecule has 0 spiro atoms. The van der Waals surface area contributed by atoms with Gasteiger partial charge >= 0.3 is 0 Å². The predicted molar refractivity (Wildman–Crippen MR) is 96.4 cm³/mol. The first kappa shape index (κ1) is 18.2. The fourth-order valence-corrected chi connectivity index (χ4v) is 3.77. The van der Waals surface area contributed by atoms with Crippen LogP contribution < -0.4 is 0 Å². The van der Waals surface area contributed by atoms with Crippen molar-refractivity contribution in [2.45, 2.75) is 25.4 Å². The fourth-order valence-electron chi connectivity index (χ4n) is 3.77. The molecule has 6 heteroatoms. The molecule has 138 valence electrons. The van der Waals surface area contributed by atoms with Crippen LogP contribution in [0.5, 0.6) is 0 Å². The van der Waals surface area contributed by atoms with Crippen LogP contribution in [0.15, 0.2) is 53.1 Å².